The Morgan fingerprint density at radius 1 is 1.29 bits per heavy atom. The summed E-state index contributed by atoms with van der Waals surface area (Å²) in [4.78, 5) is 45.2. The summed E-state index contributed by atoms with van der Waals surface area (Å²) < 4.78 is 36.3. The van der Waals surface area contributed by atoms with Gasteiger partial charge in [-0.1, -0.05) is 13.8 Å². The second-order valence-corrected chi connectivity index (χ2v) is 10.1. The van der Waals surface area contributed by atoms with Crippen molar-refractivity contribution in [3.8, 4) is 17.1 Å². The molecule has 10 nitrogen and oxygen atoms in total. The Morgan fingerprint density at radius 2 is 2.08 bits per heavy atom. The molecule has 1 amide bonds. The predicted molar refractivity (Wildman–Crippen MR) is 139 cm³/mol. The maximum Gasteiger partial charge on any atom is 0.415 e. The molecule has 0 saturated carbocycles. The molecular formula is C28H30N4O6. The van der Waals surface area contributed by atoms with Crippen molar-refractivity contribution in [2.75, 3.05) is 13.1 Å². The summed E-state index contributed by atoms with van der Waals surface area (Å²) in [6.45, 7) is 0.0627. The average molecular weight is 522 g/mol. The quantitative estimate of drug-likeness (QED) is 0.393. The van der Waals surface area contributed by atoms with Crippen LogP contribution in [0.1, 0.15) is 59.4 Å². The fraction of sp³-hybridized carbons (Fsp3) is 0.429. The van der Waals surface area contributed by atoms with Gasteiger partial charge in [0.2, 0.25) is 0 Å². The number of nitrogens with zero attached hydrogens (tertiary/aromatic N) is 3. The molecular weight excluding hydrogens is 488 g/mol. The lowest BCUT2D eigenvalue weighted by atomic mass is 9.86. The van der Waals surface area contributed by atoms with E-state index in [9.17, 15) is 19.5 Å². The van der Waals surface area contributed by atoms with E-state index in [1.54, 1.807) is 36.1 Å². The number of nitrogens with two attached hydrogens (primary N) is 1. The van der Waals surface area contributed by atoms with Crippen LogP contribution in [0.4, 0.5) is 4.79 Å². The van der Waals surface area contributed by atoms with Crippen molar-refractivity contribution >= 4 is 23.0 Å². The summed E-state index contributed by atoms with van der Waals surface area (Å²) in [6, 6.07) is 6.49. The minimum Gasteiger partial charge on any atom is -0.458 e. The molecule has 3 aliphatic rings. The molecule has 6 rings (SSSR count). The van der Waals surface area contributed by atoms with E-state index in [0.29, 0.717) is 59.3 Å². The monoisotopic (exact) mass is 521 g/mol. The first kappa shape index (κ1) is 21.2. The van der Waals surface area contributed by atoms with Crippen molar-refractivity contribution in [2.24, 2.45) is 5.73 Å². The van der Waals surface area contributed by atoms with Crippen LogP contribution >= 0.6 is 0 Å². The molecule has 0 unspecified atom stereocenters. The number of hydrogen-bond donors (Lipinski definition) is 2. The molecule has 0 aliphatic carbocycles. The molecule has 0 spiro atoms. The van der Waals surface area contributed by atoms with Gasteiger partial charge in [-0.05, 0) is 55.5 Å². The number of hydrogen-bond acceptors (Lipinski definition) is 8. The molecule has 2 aromatic heterocycles. The van der Waals surface area contributed by atoms with E-state index in [2.05, 4.69) is 0 Å². The Balaban J connectivity index is 1.46. The molecule has 3 N–H and O–H groups in total. The first-order chi connectivity index (χ1) is 19.4. The van der Waals surface area contributed by atoms with Crippen LogP contribution in [0.2, 0.25) is 0 Å². The van der Waals surface area contributed by atoms with Crippen LogP contribution < -0.4 is 16.0 Å². The number of cyclic esters (lactones) is 1. The summed E-state index contributed by atoms with van der Waals surface area (Å²) in [6.07, 6.45) is 0.567. The maximum atomic E-state index is 13.6. The van der Waals surface area contributed by atoms with Gasteiger partial charge in [0.25, 0.3) is 5.56 Å². The van der Waals surface area contributed by atoms with Crippen molar-refractivity contribution in [3.05, 3.63) is 56.9 Å². The van der Waals surface area contributed by atoms with E-state index >= 15 is 0 Å². The minimum atomic E-state index is -2.34. The molecule has 3 aromatic rings. The lowest BCUT2D eigenvalue weighted by molar-refractivity contribution is -0.172. The van der Waals surface area contributed by atoms with Gasteiger partial charge >= 0.3 is 12.1 Å². The van der Waals surface area contributed by atoms with E-state index in [-0.39, 0.29) is 48.9 Å². The van der Waals surface area contributed by atoms with Crippen molar-refractivity contribution in [2.45, 2.75) is 64.3 Å². The first-order valence-corrected chi connectivity index (χ1v) is 12.7. The topological polar surface area (TPSA) is 137 Å². The highest BCUT2D eigenvalue weighted by atomic mass is 16.6. The number of aliphatic hydroxyl groups is 1. The number of benzene rings is 1. The minimum absolute atomic E-state index is 0.00968. The van der Waals surface area contributed by atoms with E-state index in [1.165, 1.54) is 4.57 Å². The van der Waals surface area contributed by atoms with Gasteiger partial charge in [-0.15, -0.1) is 0 Å². The standard InChI is InChI=1S/C28H30N4O6/c1-3-17-18-11-16(38-27(35)31-9-7-15(29)8-10-31)5-6-22(18)30-24-19(17)13-32-23(24)12-21-20(25(32)33)14-37-26(34)28(21,36)4-2/h5-6,11-12,15,36H,3-4,7-10,13-14,29H2,1-2H3/t28-/m0/s1/i1D3. The molecule has 0 bridgehead atoms. The number of carbonyl (C=O) groups excluding carboxylic acids is 2. The van der Waals surface area contributed by atoms with Gasteiger partial charge in [0.05, 0.1) is 29.0 Å². The van der Waals surface area contributed by atoms with Crippen LogP contribution in [0.15, 0.2) is 29.1 Å². The van der Waals surface area contributed by atoms with Crippen molar-refractivity contribution < 1.29 is 28.3 Å². The number of pyridine rings is 2. The number of piperidine rings is 1. The largest absolute Gasteiger partial charge is 0.458 e. The molecule has 38 heavy (non-hydrogen) atoms. The lowest BCUT2D eigenvalue weighted by Gasteiger charge is -2.31. The summed E-state index contributed by atoms with van der Waals surface area (Å²) in [5.41, 5.74) is 6.16. The summed E-state index contributed by atoms with van der Waals surface area (Å²) in [5.74, 6) is -0.572. The highest BCUT2D eigenvalue weighted by Gasteiger charge is 2.45. The number of carbonyl (C=O) groups is 2. The van der Waals surface area contributed by atoms with Crippen LogP contribution in [0.3, 0.4) is 0 Å². The fourth-order valence-corrected chi connectivity index (χ4v) is 5.65. The fourth-order valence-electron chi connectivity index (χ4n) is 5.65. The number of aromatic nitrogens is 2. The number of likely N-dealkylation sites (tertiary alicyclic amines) is 1. The van der Waals surface area contributed by atoms with Gasteiger partial charge in [0.1, 0.15) is 12.4 Å². The zero-order valence-corrected chi connectivity index (χ0v) is 21.0. The zero-order valence-electron chi connectivity index (χ0n) is 24.0. The summed E-state index contributed by atoms with van der Waals surface area (Å²) in [7, 11) is 0. The highest BCUT2D eigenvalue weighted by molar-refractivity contribution is 5.90. The lowest BCUT2D eigenvalue weighted by Crippen LogP contribution is -2.44. The van der Waals surface area contributed by atoms with Crippen LogP contribution in [-0.2, 0) is 34.7 Å². The van der Waals surface area contributed by atoms with Gasteiger partial charge in [-0.2, -0.15) is 0 Å². The molecule has 1 atom stereocenters. The van der Waals surface area contributed by atoms with Crippen LogP contribution in [0.25, 0.3) is 22.3 Å². The van der Waals surface area contributed by atoms with Crippen molar-refractivity contribution in [1.29, 1.82) is 0 Å². The smallest absolute Gasteiger partial charge is 0.415 e. The summed E-state index contributed by atoms with van der Waals surface area (Å²) in [5, 5.41) is 11.6. The normalized spacial score (nSPS) is 22.1. The van der Waals surface area contributed by atoms with Crippen LogP contribution in [-0.4, -0.2) is 50.8 Å². The maximum absolute atomic E-state index is 13.6. The van der Waals surface area contributed by atoms with Crippen LogP contribution in [0.5, 0.6) is 5.75 Å². The van der Waals surface area contributed by atoms with Gasteiger partial charge in [0, 0.05) is 39.8 Å². The van der Waals surface area contributed by atoms with Gasteiger partial charge < -0.3 is 29.8 Å². The third kappa shape index (κ3) is 3.62. The first-order valence-electron chi connectivity index (χ1n) is 14.2. The Labute approximate surface area is 223 Å². The third-order valence-corrected chi connectivity index (χ3v) is 7.96. The zero-order chi connectivity index (χ0) is 29.3. The Bertz CT molecular complexity index is 1660. The van der Waals surface area contributed by atoms with Gasteiger partial charge in [0.15, 0.2) is 5.60 Å². The second kappa shape index (κ2) is 8.92. The van der Waals surface area contributed by atoms with E-state index in [1.807, 2.05) is 0 Å². The number of amides is 1. The van der Waals surface area contributed by atoms with E-state index in [4.69, 9.17) is 24.3 Å². The number of fused-ring (bicyclic) bond motifs is 5. The second-order valence-electron chi connectivity index (χ2n) is 10.1. The van der Waals surface area contributed by atoms with E-state index < -0.39 is 30.1 Å². The molecule has 10 heteroatoms. The van der Waals surface area contributed by atoms with Gasteiger partial charge in [-0.25, -0.2) is 14.6 Å². The third-order valence-electron chi connectivity index (χ3n) is 7.96. The predicted octanol–water partition coefficient (Wildman–Crippen LogP) is 2.56. The molecule has 5 heterocycles. The molecule has 1 fully saturated rings. The number of ether oxygens (including phenoxy) is 2. The number of aryl methyl sites for hydroxylation is 1. The highest BCUT2D eigenvalue weighted by Crippen LogP contribution is 2.40. The van der Waals surface area contributed by atoms with Crippen molar-refractivity contribution in [3.63, 3.8) is 0 Å². The van der Waals surface area contributed by atoms with Crippen LogP contribution in [0, 0.1) is 0 Å². The number of rotatable bonds is 3. The average Bonchev–Trinajstić information content (AvgIpc) is 3.30. The van der Waals surface area contributed by atoms with Gasteiger partial charge in [-0.3, -0.25) is 4.79 Å². The van der Waals surface area contributed by atoms with Crippen molar-refractivity contribution in [1.82, 2.24) is 14.5 Å². The Hall–Kier alpha value is -3.76. The summed E-state index contributed by atoms with van der Waals surface area (Å²) >= 11 is 0. The number of esters is 1. The molecule has 1 aromatic carbocycles. The Kier molecular flexibility index (Phi) is 4.98. The SMILES string of the molecule is [2H]C([2H])([2H])Cc1c2c(nc3ccc(OC(=O)N4CCC(N)CC4)cc13)-c1cc3c(c(=O)n1C2)COC(=O)[C@]3(O)CC. The molecule has 3 aliphatic heterocycles. The molecule has 1 saturated heterocycles. The molecule has 198 valence electrons. The Morgan fingerprint density at radius 3 is 2.82 bits per heavy atom. The van der Waals surface area contributed by atoms with E-state index in [0.717, 1.165) is 0 Å². The molecule has 0 radical (unpaired) electrons.